The molecule has 1 aromatic rings. The minimum Gasteiger partial charge on any atom is -0.457 e. The molecule has 0 aromatic heterocycles. The number of hydrogen-bond donors (Lipinski definition) is 0. The van der Waals surface area contributed by atoms with Gasteiger partial charge in [0.25, 0.3) is 0 Å². The largest absolute Gasteiger partial charge is 0.457 e. The zero-order chi connectivity index (χ0) is 23.8. The van der Waals surface area contributed by atoms with E-state index in [0.717, 1.165) is 27.7 Å². The van der Waals surface area contributed by atoms with Gasteiger partial charge in [-0.3, -0.25) is 19.2 Å². The van der Waals surface area contributed by atoms with Gasteiger partial charge in [-0.25, -0.2) is 4.79 Å². The molecule has 1 aromatic carbocycles. The zero-order valence-electron chi connectivity index (χ0n) is 18.1. The van der Waals surface area contributed by atoms with Crippen LogP contribution in [0.2, 0.25) is 0 Å². The molecule has 0 unspecified atom stereocenters. The highest BCUT2D eigenvalue weighted by atomic mass is 16.6. The van der Waals surface area contributed by atoms with Crippen molar-refractivity contribution in [2.75, 3.05) is 6.61 Å². The Bertz CT molecular complexity index is 905. The highest BCUT2D eigenvalue weighted by molar-refractivity contribution is 5.89. The van der Waals surface area contributed by atoms with Gasteiger partial charge >= 0.3 is 29.8 Å². The van der Waals surface area contributed by atoms with Gasteiger partial charge in [0.1, 0.15) is 6.61 Å². The number of benzene rings is 1. The van der Waals surface area contributed by atoms with Gasteiger partial charge in [-0.1, -0.05) is 18.2 Å². The third-order valence-corrected chi connectivity index (χ3v) is 4.27. The smallest absolute Gasteiger partial charge is 0.338 e. The lowest BCUT2D eigenvalue weighted by Crippen LogP contribution is -2.55. The van der Waals surface area contributed by atoms with E-state index in [2.05, 4.69) is 0 Å². The van der Waals surface area contributed by atoms with Crippen LogP contribution < -0.4 is 0 Å². The summed E-state index contributed by atoms with van der Waals surface area (Å²) in [5.74, 6) is -3.56. The van der Waals surface area contributed by atoms with Gasteiger partial charge in [-0.05, 0) is 18.2 Å². The summed E-state index contributed by atoms with van der Waals surface area (Å²) in [6, 6.07) is 8.17. The molecule has 0 saturated carbocycles. The zero-order valence-corrected chi connectivity index (χ0v) is 18.1. The first-order valence-corrected chi connectivity index (χ1v) is 9.70. The van der Waals surface area contributed by atoms with Gasteiger partial charge in [0, 0.05) is 33.3 Å². The molecule has 10 nitrogen and oxygen atoms in total. The SMILES string of the molecule is CC(=O)O[C@H]1[C@H](OC(C)=O)[C@@H](OC(C)=O)C(COC(=O)c2ccccc2)=C[C@H]1OC(C)=O. The lowest BCUT2D eigenvalue weighted by atomic mass is 9.89. The van der Waals surface area contributed by atoms with Crippen LogP contribution in [-0.2, 0) is 42.9 Å². The molecule has 10 heteroatoms. The van der Waals surface area contributed by atoms with Crippen molar-refractivity contribution in [2.45, 2.75) is 52.1 Å². The molecule has 0 radical (unpaired) electrons. The molecule has 0 saturated heterocycles. The Labute approximate surface area is 184 Å². The first-order valence-electron chi connectivity index (χ1n) is 9.70. The average molecular weight is 448 g/mol. The second-order valence-electron chi connectivity index (χ2n) is 6.94. The second kappa shape index (κ2) is 11.1. The number of ether oxygens (including phenoxy) is 5. The van der Waals surface area contributed by atoms with E-state index in [1.807, 2.05) is 0 Å². The van der Waals surface area contributed by atoms with Crippen molar-refractivity contribution in [1.29, 1.82) is 0 Å². The van der Waals surface area contributed by atoms with Crippen LogP contribution in [0.15, 0.2) is 42.0 Å². The molecule has 0 fully saturated rings. The third-order valence-electron chi connectivity index (χ3n) is 4.27. The van der Waals surface area contributed by atoms with Crippen LogP contribution in [0.1, 0.15) is 38.1 Å². The number of rotatable bonds is 7. The van der Waals surface area contributed by atoms with E-state index in [1.165, 1.54) is 6.08 Å². The Morgan fingerprint density at radius 2 is 1.25 bits per heavy atom. The summed E-state index contributed by atoms with van der Waals surface area (Å²) in [5.41, 5.74) is 0.476. The molecule has 4 atom stereocenters. The summed E-state index contributed by atoms with van der Waals surface area (Å²) >= 11 is 0. The fourth-order valence-corrected chi connectivity index (χ4v) is 3.17. The minimum absolute atomic E-state index is 0.186. The van der Waals surface area contributed by atoms with Crippen molar-refractivity contribution in [3.63, 3.8) is 0 Å². The summed E-state index contributed by atoms with van der Waals surface area (Å²) in [4.78, 5) is 59.1. The normalized spacial score (nSPS) is 22.1. The molecule has 32 heavy (non-hydrogen) atoms. The van der Waals surface area contributed by atoms with Crippen LogP contribution >= 0.6 is 0 Å². The highest BCUT2D eigenvalue weighted by Crippen LogP contribution is 2.30. The highest BCUT2D eigenvalue weighted by Gasteiger charge is 2.48. The van der Waals surface area contributed by atoms with E-state index in [9.17, 15) is 24.0 Å². The van der Waals surface area contributed by atoms with Crippen molar-refractivity contribution < 1.29 is 47.7 Å². The summed E-state index contributed by atoms with van der Waals surface area (Å²) in [6.07, 6.45) is -3.73. The van der Waals surface area contributed by atoms with Crippen molar-refractivity contribution in [3.05, 3.63) is 47.5 Å². The first kappa shape index (κ1) is 24.6. The third kappa shape index (κ3) is 6.93. The molecule has 0 amide bonds. The first-order chi connectivity index (χ1) is 15.1. The van der Waals surface area contributed by atoms with Crippen LogP contribution in [0, 0.1) is 0 Å². The predicted octanol–water partition coefficient (Wildman–Crippen LogP) is 1.51. The molecule has 1 aliphatic rings. The molecule has 172 valence electrons. The number of hydrogen-bond acceptors (Lipinski definition) is 10. The fraction of sp³-hybridized carbons (Fsp3) is 0.409. The number of esters is 5. The van der Waals surface area contributed by atoms with Crippen molar-refractivity contribution in [1.82, 2.24) is 0 Å². The molecule has 0 bridgehead atoms. The molecule has 0 spiro atoms. The second-order valence-corrected chi connectivity index (χ2v) is 6.94. The lowest BCUT2D eigenvalue weighted by Gasteiger charge is -2.39. The topological polar surface area (TPSA) is 132 Å². The van der Waals surface area contributed by atoms with E-state index in [4.69, 9.17) is 23.7 Å². The van der Waals surface area contributed by atoms with Crippen molar-refractivity contribution in [2.24, 2.45) is 0 Å². The van der Waals surface area contributed by atoms with Crippen LogP contribution in [0.3, 0.4) is 0 Å². The van der Waals surface area contributed by atoms with Crippen LogP contribution in [0.25, 0.3) is 0 Å². The summed E-state index contributed by atoms with van der Waals surface area (Å²) < 4.78 is 26.4. The maximum atomic E-state index is 12.3. The van der Waals surface area contributed by atoms with E-state index in [1.54, 1.807) is 30.3 Å². The summed E-state index contributed by atoms with van der Waals surface area (Å²) in [7, 11) is 0. The van der Waals surface area contributed by atoms with Gasteiger partial charge in [0.05, 0.1) is 5.56 Å². The standard InChI is InChI=1S/C22H24O10/c1-12(23)29-18-10-17(11-28-22(27)16-8-6-5-7-9-16)19(30-13(2)24)21(32-15(4)26)20(18)31-14(3)25/h5-10,18-21H,11H2,1-4H3/t18-,19+,20-,21-/m1/s1. The Morgan fingerprint density at radius 3 is 1.78 bits per heavy atom. The molecular weight excluding hydrogens is 424 g/mol. The fourth-order valence-electron chi connectivity index (χ4n) is 3.17. The minimum atomic E-state index is -1.35. The molecular formula is C22H24O10. The van der Waals surface area contributed by atoms with E-state index in [0.29, 0.717) is 5.56 Å². The van der Waals surface area contributed by atoms with Gasteiger partial charge in [-0.15, -0.1) is 0 Å². The van der Waals surface area contributed by atoms with E-state index >= 15 is 0 Å². The van der Waals surface area contributed by atoms with Crippen molar-refractivity contribution in [3.8, 4) is 0 Å². The van der Waals surface area contributed by atoms with E-state index < -0.39 is 54.3 Å². The summed E-state index contributed by atoms with van der Waals surface area (Å²) in [5, 5.41) is 0. The number of carbonyl (C=O) groups is 5. The molecule has 0 heterocycles. The van der Waals surface area contributed by atoms with Crippen LogP contribution in [-0.4, -0.2) is 60.9 Å². The van der Waals surface area contributed by atoms with Gasteiger partial charge < -0.3 is 23.7 Å². The molecule has 2 rings (SSSR count). The van der Waals surface area contributed by atoms with Crippen LogP contribution in [0.5, 0.6) is 0 Å². The maximum Gasteiger partial charge on any atom is 0.338 e. The predicted molar refractivity (Wildman–Crippen MR) is 107 cm³/mol. The van der Waals surface area contributed by atoms with Gasteiger partial charge in [0.15, 0.2) is 24.4 Å². The molecule has 1 aliphatic carbocycles. The Morgan fingerprint density at radius 1 is 0.719 bits per heavy atom. The summed E-state index contributed by atoms with van der Waals surface area (Å²) in [6.45, 7) is 4.15. The maximum absolute atomic E-state index is 12.3. The monoisotopic (exact) mass is 448 g/mol. The van der Waals surface area contributed by atoms with Gasteiger partial charge in [0.2, 0.25) is 0 Å². The van der Waals surface area contributed by atoms with Crippen molar-refractivity contribution >= 4 is 29.8 Å². The quantitative estimate of drug-likeness (QED) is 0.343. The Balaban J connectivity index is 2.42. The average Bonchev–Trinajstić information content (AvgIpc) is 2.70. The molecule has 0 aliphatic heterocycles. The van der Waals surface area contributed by atoms with E-state index in [-0.39, 0.29) is 12.2 Å². The van der Waals surface area contributed by atoms with Gasteiger partial charge in [-0.2, -0.15) is 0 Å². The lowest BCUT2D eigenvalue weighted by molar-refractivity contribution is -0.195. The molecule has 0 N–H and O–H groups in total. The Kier molecular flexibility index (Phi) is 8.51. The van der Waals surface area contributed by atoms with Crippen LogP contribution in [0.4, 0.5) is 0 Å². The Hall–Kier alpha value is -3.69. The number of carbonyl (C=O) groups excluding carboxylic acids is 5.